The van der Waals surface area contributed by atoms with E-state index in [-0.39, 0.29) is 11.4 Å². The number of anilines is 1. The molecule has 1 heterocycles. The Kier molecular flexibility index (Phi) is 4.82. The van der Waals surface area contributed by atoms with Crippen molar-refractivity contribution >= 4 is 32.4 Å². The summed E-state index contributed by atoms with van der Waals surface area (Å²) in [4.78, 5) is 15.5. The van der Waals surface area contributed by atoms with E-state index in [0.717, 1.165) is 5.56 Å². The maximum atomic E-state index is 13.0. The molecule has 6 nitrogen and oxygen atoms in total. The topological polar surface area (TPSA) is 93.4 Å². The SMILES string of the molecule is NC(=O)c1ccc(CN(c2nccs2)S(=O)(=O)c2ccccc2)cc1. The van der Waals surface area contributed by atoms with Crippen LogP contribution in [0, 0.1) is 0 Å². The Morgan fingerprint density at radius 1 is 1.08 bits per heavy atom. The first-order chi connectivity index (χ1) is 12.0. The van der Waals surface area contributed by atoms with Gasteiger partial charge < -0.3 is 5.73 Å². The highest BCUT2D eigenvalue weighted by atomic mass is 32.2. The minimum Gasteiger partial charge on any atom is -0.366 e. The van der Waals surface area contributed by atoms with Crippen molar-refractivity contribution in [2.24, 2.45) is 5.73 Å². The van der Waals surface area contributed by atoms with Gasteiger partial charge in [-0.3, -0.25) is 4.79 Å². The summed E-state index contributed by atoms with van der Waals surface area (Å²) in [6.45, 7) is 0.101. The Bertz CT molecular complexity index is 954. The Balaban J connectivity index is 1.98. The average Bonchev–Trinajstić information content (AvgIpc) is 3.15. The average molecular weight is 373 g/mol. The van der Waals surface area contributed by atoms with Gasteiger partial charge in [0.1, 0.15) is 0 Å². The minimum absolute atomic E-state index is 0.101. The number of hydrogen-bond acceptors (Lipinski definition) is 5. The molecule has 0 spiro atoms. The van der Waals surface area contributed by atoms with E-state index < -0.39 is 15.9 Å². The molecule has 0 aliphatic rings. The molecule has 0 aliphatic heterocycles. The van der Waals surface area contributed by atoms with Gasteiger partial charge in [-0.1, -0.05) is 30.3 Å². The lowest BCUT2D eigenvalue weighted by Crippen LogP contribution is -2.30. The molecule has 8 heteroatoms. The van der Waals surface area contributed by atoms with E-state index in [1.54, 1.807) is 66.2 Å². The lowest BCUT2D eigenvalue weighted by atomic mass is 10.1. The molecule has 0 unspecified atom stereocenters. The van der Waals surface area contributed by atoms with Crippen molar-refractivity contribution in [3.8, 4) is 0 Å². The highest BCUT2D eigenvalue weighted by Gasteiger charge is 2.26. The second-order valence-electron chi connectivity index (χ2n) is 5.20. The van der Waals surface area contributed by atoms with Gasteiger partial charge in [0.05, 0.1) is 11.4 Å². The van der Waals surface area contributed by atoms with Crippen LogP contribution >= 0.6 is 11.3 Å². The molecule has 0 saturated heterocycles. The van der Waals surface area contributed by atoms with E-state index in [1.165, 1.54) is 15.6 Å². The Morgan fingerprint density at radius 2 is 1.76 bits per heavy atom. The van der Waals surface area contributed by atoms with Crippen molar-refractivity contribution in [2.75, 3.05) is 4.31 Å². The normalized spacial score (nSPS) is 11.2. The Morgan fingerprint density at radius 3 is 2.32 bits per heavy atom. The van der Waals surface area contributed by atoms with Gasteiger partial charge in [-0.25, -0.2) is 17.7 Å². The molecule has 0 aliphatic carbocycles. The molecule has 128 valence electrons. The van der Waals surface area contributed by atoms with Crippen LogP contribution in [0.2, 0.25) is 0 Å². The molecule has 0 radical (unpaired) electrons. The lowest BCUT2D eigenvalue weighted by Gasteiger charge is -2.22. The molecule has 0 fully saturated rings. The number of aromatic nitrogens is 1. The van der Waals surface area contributed by atoms with Gasteiger partial charge in [-0.05, 0) is 29.8 Å². The van der Waals surface area contributed by atoms with Crippen LogP contribution in [0.3, 0.4) is 0 Å². The highest BCUT2D eigenvalue weighted by molar-refractivity contribution is 7.93. The van der Waals surface area contributed by atoms with E-state index in [1.807, 2.05) is 0 Å². The number of amides is 1. The van der Waals surface area contributed by atoms with Gasteiger partial charge >= 0.3 is 0 Å². The minimum atomic E-state index is -3.76. The van der Waals surface area contributed by atoms with Crippen LogP contribution in [0.5, 0.6) is 0 Å². The van der Waals surface area contributed by atoms with Crippen LogP contribution in [-0.4, -0.2) is 19.3 Å². The van der Waals surface area contributed by atoms with Gasteiger partial charge in [0, 0.05) is 17.1 Å². The van der Waals surface area contributed by atoms with Crippen molar-refractivity contribution in [3.05, 3.63) is 77.3 Å². The van der Waals surface area contributed by atoms with E-state index in [2.05, 4.69) is 4.98 Å². The Hall–Kier alpha value is -2.71. The van der Waals surface area contributed by atoms with Crippen molar-refractivity contribution in [2.45, 2.75) is 11.4 Å². The first kappa shape index (κ1) is 17.1. The highest BCUT2D eigenvalue weighted by Crippen LogP contribution is 2.27. The smallest absolute Gasteiger partial charge is 0.266 e. The summed E-state index contributed by atoms with van der Waals surface area (Å²) in [6.07, 6.45) is 1.56. The van der Waals surface area contributed by atoms with E-state index in [9.17, 15) is 13.2 Å². The number of hydrogen-bond donors (Lipinski definition) is 1. The van der Waals surface area contributed by atoms with Crippen molar-refractivity contribution in [3.63, 3.8) is 0 Å². The largest absolute Gasteiger partial charge is 0.366 e. The van der Waals surface area contributed by atoms with E-state index >= 15 is 0 Å². The van der Waals surface area contributed by atoms with Crippen LogP contribution in [0.15, 0.2) is 71.1 Å². The van der Waals surface area contributed by atoms with Gasteiger partial charge in [-0.15, -0.1) is 11.3 Å². The molecular formula is C17H15N3O3S2. The molecule has 0 atom stereocenters. The second kappa shape index (κ2) is 7.04. The third-order valence-corrected chi connectivity index (χ3v) is 6.19. The van der Waals surface area contributed by atoms with Crippen LogP contribution in [0.1, 0.15) is 15.9 Å². The summed E-state index contributed by atoms with van der Waals surface area (Å²) in [5.74, 6) is -0.528. The number of thiazole rings is 1. The summed E-state index contributed by atoms with van der Waals surface area (Å²) < 4.78 is 27.3. The lowest BCUT2D eigenvalue weighted by molar-refractivity contribution is 0.100. The van der Waals surface area contributed by atoms with Gasteiger partial charge in [0.2, 0.25) is 5.91 Å². The third-order valence-electron chi connectivity index (χ3n) is 3.53. The molecule has 1 aromatic heterocycles. The first-order valence-electron chi connectivity index (χ1n) is 7.34. The number of primary amides is 1. The fourth-order valence-corrected chi connectivity index (χ4v) is 4.55. The van der Waals surface area contributed by atoms with Crippen molar-refractivity contribution in [1.82, 2.24) is 4.98 Å². The van der Waals surface area contributed by atoms with Crippen LogP contribution in [0.4, 0.5) is 5.13 Å². The standard InChI is InChI=1S/C17H15N3O3S2/c18-16(21)14-8-6-13(7-9-14)12-20(17-19-10-11-24-17)25(22,23)15-4-2-1-3-5-15/h1-11H,12H2,(H2,18,21). The number of nitrogens with two attached hydrogens (primary N) is 1. The van der Waals surface area contributed by atoms with Crippen LogP contribution in [0.25, 0.3) is 0 Å². The molecule has 1 amide bonds. The summed E-state index contributed by atoms with van der Waals surface area (Å²) in [7, 11) is -3.76. The zero-order valence-electron chi connectivity index (χ0n) is 13.1. The zero-order valence-corrected chi connectivity index (χ0v) is 14.7. The zero-order chi connectivity index (χ0) is 17.9. The number of carbonyl (C=O) groups is 1. The summed E-state index contributed by atoms with van der Waals surface area (Å²) in [5.41, 5.74) is 6.33. The summed E-state index contributed by atoms with van der Waals surface area (Å²) in [5, 5.41) is 2.10. The fraction of sp³-hybridized carbons (Fsp3) is 0.0588. The molecule has 2 N–H and O–H groups in total. The molecule has 2 aromatic carbocycles. The van der Waals surface area contributed by atoms with Gasteiger partial charge in [0.15, 0.2) is 5.13 Å². The van der Waals surface area contributed by atoms with Gasteiger partial charge in [-0.2, -0.15) is 0 Å². The second-order valence-corrected chi connectivity index (χ2v) is 7.94. The number of benzene rings is 2. The molecule has 3 aromatic rings. The first-order valence-corrected chi connectivity index (χ1v) is 9.66. The maximum absolute atomic E-state index is 13.0. The van der Waals surface area contributed by atoms with E-state index in [0.29, 0.717) is 10.7 Å². The molecule has 25 heavy (non-hydrogen) atoms. The van der Waals surface area contributed by atoms with Crippen LogP contribution in [-0.2, 0) is 16.6 Å². The van der Waals surface area contributed by atoms with Crippen molar-refractivity contribution < 1.29 is 13.2 Å². The molecule has 0 bridgehead atoms. The van der Waals surface area contributed by atoms with Crippen molar-refractivity contribution in [1.29, 1.82) is 0 Å². The van der Waals surface area contributed by atoms with E-state index in [4.69, 9.17) is 5.73 Å². The molecular weight excluding hydrogens is 358 g/mol. The molecule has 0 saturated carbocycles. The monoisotopic (exact) mass is 373 g/mol. The Labute approximate surface area is 149 Å². The maximum Gasteiger partial charge on any atom is 0.266 e. The third kappa shape index (κ3) is 3.70. The quantitative estimate of drug-likeness (QED) is 0.719. The predicted octanol–water partition coefficient (Wildman–Crippen LogP) is 2.64. The predicted molar refractivity (Wildman–Crippen MR) is 96.9 cm³/mol. The van der Waals surface area contributed by atoms with Gasteiger partial charge in [0.25, 0.3) is 10.0 Å². The summed E-state index contributed by atoms with van der Waals surface area (Å²) >= 11 is 1.24. The summed E-state index contributed by atoms with van der Waals surface area (Å²) in [6, 6.07) is 14.7. The number of rotatable bonds is 6. The van der Waals surface area contributed by atoms with Crippen LogP contribution < -0.4 is 10.0 Å². The number of nitrogens with zero attached hydrogens (tertiary/aromatic N) is 2. The number of carbonyl (C=O) groups excluding carboxylic acids is 1. The number of sulfonamides is 1. The fourth-order valence-electron chi connectivity index (χ4n) is 2.25. The molecule has 3 rings (SSSR count).